The molecule has 2 aromatic carbocycles. The average molecular weight is 567 g/mol. The van der Waals surface area contributed by atoms with Crippen LogP contribution in [0, 0.1) is 0 Å². The van der Waals surface area contributed by atoms with Gasteiger partial charge >= 0.3 is 5.97 Å². The molecule has 2 heterocycles. The number of methoxy groups -OCH3 is 1. The highest BCUT2D eigenvalue weighted by atomic mass is 32.1. The number of carbonyl (C=O) groups is 1. The third-order valence-electron chi connectivity index (χ3n) is 6.36. The molecule has 0 radical (unpaired) electrons. The van der Waals surface area contributed by atoms with Crippen LogP contribution in [0.5, 0.6) is 23.0 Å². The van der Waals surface area contributed by atoms with E-state index in [0.29, 0.717) is 56.6 Å². The van der Waals surface area contributed by atoms with Crippen LogP contribution in [0.25, 0.3) is 6.08 Å². The first-order valence-electron chi connectivity index (χ1n) is 13.3. The maximum Gasteiger partial charge on any atom is 0.338 e. The van der Waals surface area contributed by atoms with Gasteiger partial charge in [-0.25, -0.2) is 9.79 Å². The van der Waals surface area contributed by atoms with E-state index in [4.69, 9.17) is 18.9 Å². The molecule has 40 heavy (non-hydrogen) atoms. The molecule has 4 rings (SSSR count). The van der Waals surface area contributed by atoms with Crippen LogP contribution in [-0.4, -0.2) is 42.6 Å². The number of esters is 1. The van der Waals surface area contributed by atoms with Crippen molar-refractivity contribution in [3.05, 3.63) is 78.5 Å². The van der Waals surface area contributed by atoms with E-state index in [1.54, 1.807) is 51.3 Å². The number of ether oxygens (including phenoxy) is 4. The summed E-state index contributed by atoms with van der Waals surface area (Å²) in [5.74, 6) is 0.899. The predicted octanol–water partition coefficient (Wildman–Crippen LogP) is 4.09. The molecular formula is C30H34N2O7S. The molecule has 0 saturated carbocycles. The number of aromatic nitrogens is 1. The number of allylic oxidation sites excluding steroid dienone is 1. The van der Waals surface area contributed by atoms with Crippen LogP contribution >= 0.6 is 11.3 Å². The van der Waals surface area contributed by atoms with Crippen molar-refractivity contribution in [3.63, 3.8) is 0 Å². The molecule has 0 spiro atoms. The highest BCUT2D eigenvalue weighted by molar-refractivity contribution is 7.07. The Morgan fingerprint density at radius 3 is 2.58 bits per heavy atom. The zero-order chi connectivity index (χ0) is 28.8. The number of hydrogen-bond acceptors (Lipinski definition) is 9. The third kappa shape index (κ3) is 5.91. The monoisotopic (exact) mass is 566 g/mol. The van der Waals surface area contributed by atoms with Gasteiger partial charge in [0, 0.05) is 0 Å². The van der Waals surface area contributed by atoms with Crippen LogP contribution in [0.4, 0.5) is 0 Å². The second-order valence-electron chi connectivity index (χ2n) is 9.07. The van der Waals surface area contributed by atoms with Crippen molar-refractivity contribution in [1.29, 1.82) is 0 Å². The molecule has 9 nitrogen and oxygen atoms in total. The van der Waals surface area contributed by atoms with Gasteiger partial charge in [-0.2, -0.15) is 0 Å². The van der Waals surface area contributed by atoms with Gasteiger partial charge in [0.1, 0.15) is 0 Å². The summed E-state index contributed by atoms with van der Waals surface area (Å²) in [6.07, 6.45) is 3.63. The van der Waals surface area contributed by atoms with E-state index < -0.39 is 12.0 Å². The Labute approximate surface area is 236 Å². The van der Waals surface area contributed by atoms with E-state index in [0.717, 1.165) is 12.8 Å². The number of carbonyl (C=O) groups excluding carboxylic acids is 1. The van der Waals surface area contributed by atoms with E-state index in [9.17, 15) is 14.7 Å². The largest absolute Gasteiger partial charge is 0.504 e. The van der Waals surface area contributed by atoms with Gasteiger partial charge in [0.2, 0.25) is 0 Å². The molecule has 0 amide bonds. The Bertz CT molecular complexity index is 1600. The molecule has 1 N–H and O–H groups in total. The van der Waals surface area contributed by atoms with Crippen LogP contribution in [0.1, 0.15) is 57.7 Å². The van der Waals surface area contributed by atoms with Crippen LogP contribution in [-0.2, 0) is 9.53 Å². The number of nitrogens with zero attached hydrogens (tertiary/aromatic N) is 2. The number of unbranched alkanes of at least 4 members (excludes halogenated alkanes) is 1. The summed E-state index contributed by atoms with van der Waals surface area (Å²) in [4.78, 5) is 32.1. The number of phenols is 1. The molecule has 0 saturated heterocycles. The minimum Gasteiger partial charge on any atom is -0.504 e. The topological polar surface area (TPSA) is 109 Å². The fraction of sp³-hybridized carbons (Fsp3) is 0.367. The number of thiazole rings is 1. The Balaban J connectivity index is 1.88. The van der Waals surface area contributed by atoms with Gasteiger partial charge in [-0.05, 0) is 68.7 Å². The fourth-order valence-corrected chi connectivity index (χ4v) is 5.50. The van der Waals surface area contributed by atoms with Gasteiger partial charge in [-0.1, -0.05) is 36.8 Å². The molecule has 212 valence electrons. The Hall–Kier alpha value is -4.05. The number of benzene rings is 2. The lowest BCUT2D eigenvalue weighted by atomic mass is 9.95. The number of rotatable bonds is 11. The summed E-state index contributed by atoms with van der Waals surface area (Å²) in [5, 5.41) is 10.1. The summed E-state index contributed by atoms with van der Waals surface area (Å²) in [6, 6.07) is 9.53. The highest BCUT2D eigenvalue weighted by Crippen LogP contribution is 2.36. The molecule has 1 unspecified atom stereocenters. The van der Waals surface area contributed by atoms with Crippen molar-refractivity contribution in [2.45, 2.75) is 46.6 Å². The van der Waals surface area contributed by atoms with Crippen LogP contribution < -0.4 is 29.1 Å². The van der Waals surface area contributed by atoms with Crippen LogP contribution in [0.3, 0.4) is 0 Å². The van der Waals surface area contributed by atoms with Crippen molar-refractivity contribution in [2.75, 3.05) is 26.9 Å². The summed E-state index contributed by atoms with van der Waals surface area (Å²) >= 11 is 1.22. The number of fused-ring (bicyclic) bond motifs is 1. The molecular weight excluding hydrogens is 532 g/mol. The van der Waals surface area contributed by atoms with Crippen molar-refractivity contribution in [1.82, 2.24) is 4.57 Å². The van der Waals surface area contributed by atoms with Crippen molar-refractivity contribution in [2.24, 2.45) is 4.99 Å². The molecule has 1 aliphatic rings. The van der Waals surface area contributed by atoms with E-state index in [-0.39, 0.29) is 23.5 Å². The molecule has 10 heteroatoms. The third-order valence-corrected chi connectivity index (χ3v) is 7.34. The van der Waals surface area contributed by atoms with Gasteiger partial charge in [0.15, 0.2) is 27.8 Å². The Kier molecular flexibility index (Phi) is 9.31. The van der Waals surface area contributed by atoms with E-state index in [2.05, 4.69) is 11.9 Å². The van der Waals surface area contributed by atoms with E-state index in [1.165, 1.54) is 22.0 Å². The molecule has 1 atom stereocenters. The predicted molar refractivity (Wildman–Crippen MR) is 153 cm³/mol. The zero-order valence-corrected chi connectivity index (χ0v) is 24.2. The number of hydrogen-bond donors (Lipinski definition) is 1. The SMILES string of the molecule is CCCCOc1ccc(C2C(C(=O)OCC)=C(C)N=c3sc(=Cc4ccc(O)c(OCC)c4)c(=O)n32)cc1OC. The Morgan fingerprint density at radius 1 is 1.07 bits per heavy atom. The first-order valence-corrected chi connectivity index (χ1v) is 14.1. The highest BCUT2D eigenvalue weighted by Gasteiger charge is 2.34. The molecule has 3 aromatic rings. The molecule has 1 aliphatic heterocycles. The number of aromatic hydroxyl groups is 1. The van der Waals surface area contributed by atoms with Crippen molar-refractivity contribution < 1.29 is 28.8 Å². The number of phenolic OH excluding ortho intramolecular Hbond substituents is 1. The van der Waals surface area contributed by atoms with Crippen LogP contribution in [0.2, 0.25) is 0 Å². The van der Waals surface area contributed by atoms with Gasteiger partial charge in [-0.15, -0.1) is 0 Å². The summed E-state index contributed by atoms with van der Waals surface area (Å²) in [7, 11) is 1.55. The average Bonchev–Trinajstić information content (AvgIpc) is 3.24. The standard InChI is InChI=1S/C30H34N2O7S/c1-6-9-14-39-22-13-11-20(17-24(22)36-5)27-26(29(35)38-8-3)18(4)31-30-32(27)28(34)25(40-30)16-19-10-12-21(33)23(15-19)37-7-2/h10-13,15-17,27,33H,6-9,14H2,1-5H3. The van der Waals surface area contributed by atoms with Gasteiger partial charge in [0.05, 0.1) is 48.8 Å². The quantitative estimate of drug-likeness (QED) is 0.275. The molecule has 0 fully saturated rings. The minimum atomic E-state index is -0.783. The summed E-state index contributed by atoms with van der Waals surface area (Å²) < 4.78 is 24.3. The van der Waals surface area contributed by atoms with Gasteiger partial charge < -0.3 is 24.1 Å². The fourth-order valence-electron chi connectivity index (χ4n) is 4.45. The molecule has 0 aliphatic carbocycles. The van der Waals surface area contributed by atoms with Crippen molar-refractivity contribution in [3.8, 4) is 23.0 Å². The lowest BCUT2D eigenvalue weighted by molar-refractivity contribution is -0.139. The smallest absolute Gasteiger partial charge is 0.338 e. The van der Waals surface area contributed by atoms with Gasteiger partial charge in [0.25, 0.3) is 5.56 Å². The lowest BCUT2D eigenvalue weighted by Gasteiger charge is -2.25. The first kappa shape index (κ1) is 28.9. The second kappa shape index (κ2) is 12.9. The summed E-state index contributed by atoms with van der Waals surface area (Å²) in [6.45, 7) is 8.51. The lowest BCUT2D eigenvalue weighted by Crippen LogP contribution is -2.40. The van der Waals surface area contributed by atoms with Crippen LogP contribution in [0.15, 0.2) is 57.5 Å². The zero-order valence-electron chi connectivity index (χ0n) is 23.4. The maximum absolute atomic E-state index is 13.9. The second-order valence-corrected chi connectivity index (χ2v) is 10.1. The molecule has 1 aromatic heterocycles. The molecule has 0 bridgehead atoms. The maximum atomic E-state index is 13.9. The van der Waals surface area contributed by atoms with Crippen molar-refractivity contribution >= 4 is 23.4 Å². The van der Waals surface area contributed by atoms with E-state index in [1.807, 2.05) is 13.0 Å². The summed E-state index contributed by atoms with van der Waals surface area (Å²) in [5.41, 5.74) is 1.79. The van der Waals surface area contributed by atoms with Gasteiger partial charge in [-0.3, -0.25) is 9.36 Å². The normalized spacial score (nSPS) is 14.9. The Morgan fingerprint density at radius 2 is 1.88 bits per heavy atom. The van der Waals surface area contributed by atoms with E-state index >= 15 is 0 Å². The minimum absolute atomic E-state index is 0.0197. The first-order chi connectivity index (χ1) is 19.3.